The van der Waals surface area contributed by atoms with Crippen molar-refractivity contribution in [3.8, 4) is 11.3 Å². The molecule has 0 fully saturated rings. The highest BCUT2D eigenvalue weighted by Crippen LogP contribution is 2.32. The molecule has 1 N–H and O–H groups in total. The number of aryl methyl sites for hydroxylation is 1. The fourth-order valence-corrected chi connectivity index (χ4v) is 2.79. The Labute approximate surface area is 129 Å². The summed E-state index contributed by atoms with van der Waals surface area (Å²) in [4.78, 5) is 14.6. The molecule has 3 aromatic rings. The molecule has 0 spiro atoms. The van der Waals surface area contributed by atoms with Crippen LogP contribution >= 0.6 is 0 Å². The largest absolute Gasteiger partial charge is 0.352 e. The monoisotopic (exact) mass is 295 g/mol. The molecule has 0 saturated carbocycles. The van der Waals surface area contributed by atoms with Gasteiger partial charge in [0.15, 0.2) is 6.29 Å². The smallest absolute Gasteiger partial charge is 0.152 e. The van der Waals surface area contributed by atoms with E-state index in [0.29, 0.717) is 28.1 Å². The zero-order chi connectivity index (χ0) is 15.9. The third-order valence-corrected chi connectivity index (χ3v) is 4.03. The van der Waals surface area contributed by atoms with E-state index in [1.54, 1.807) is 0 Å². The van der Waals surface area contributed by atoms with Crippen LogP contribution in [0.2, 0.25) is 0 Å². The van der Waals surface area contributed by atoms with Gasteiger partial charge in [0.05, 0.1) is 11.2 Å². The predicted octanol–water partition coefficient (Wildman–Crippen LogP) is 5.22. The van der Waals surface area contributed by atoms with Crippen LogP contribution in [0.1, 0.15) is 41.3 Å². The molecule has 0 amide bonds. The number of carbonyl (C=O) groups excluding carboxylic acids is 1. The van der Waals surface area contributed by atoms with E-state index < -0.39 is 0 Å². The van der Waals surface area contributed by atoms with Crippen molar-refractivity contribution in [3.05, 3.63) is 58.9 Å². The lowest BCUT2D eigenvalue weighted by Gasteiger charge is -2.06. The highest BCUT2D eigenvalue weighted by Gasteiger charge is 2.16. The first kappa shape index (κ1) is 14.5. The second kappa shape index (κ2) is 5.41. The van der Waals surface area contributed by atoms with Crippen LogP contribution in [0.3, 0.4) is 0 Å². The fourth-order valence-electron chi connectivity index (χ4n) is 2.79. The molecule has 2 aromatic carbocycles. The molecule has 0 saturated heterocycles. The van der Waals surface area contributed by atoms with Crippen LogP contribution in [0.15, 0.2) is 36.4 Å². The molecule has 3 heteroatoms. The van der Waals surface area contributed by atoms with Crippen molar-refractivity contribution < 1.29 is 9.18 Å². The van der Waals surface area contributed by atoms with Gasteiger partial charge in [-0.05, 0) is 41.7 Å². The number of hydrogen-bond donors (Lipinski definition) is 1. The molecule has 112 valence electrons. The number of nitrogens with one attached hydrogen (secondary N) is 1. The molecule has 0 aliphatic heterocycles. The molecule has 0 unspecified atom stereocenters. The molecular formula is C19H18FNO. The average Bonchev–Trinajstić information content (AvgIpc) is 2.86. The van der Waals surface area contributed by atoms with Gasteiger partial charge in [-0.2, -0.15) is 0 Å². The molecule has 0 bridgehead atoms. The van der Waals surface area contributed by atoms with Crippen molar-refractivity contribution in [2.45, 2.75) is 26.7 Å². The van der Waals surface area contributed by atoms with Gasteiger partial charge in [-0.15, -0.1) is 0 Å². The first-order valence-electron chi connectivity index (χ1n) is 7.38. The van der Waals surface area contributed by atoms with E-state index in [4.69, 9.17) is 0 Å². The second-order valence-corrected chi connectivity index (χ2v) is 5.98. The normalized spacial score (nSPS) is 11.3. The number of hydrogen-bond acceptors (Lipinski definition) is 1. The standard InChI is InChI=1S/C19H18FNO/c1-11(2)13-4-6-14(7-5-13)18-16(10-22)15-8-12(3)9-17(20)19(15)21-18/h4-11,21H,1-3H3. The predicted molar refractivity (Wildman–Crippen MR) is 87.9 cm³/mol. The Morgan fingerprint density at radius 1 is 1.14 bits per heavy atom. The number of aromatic nitrogens is 1. The molecule has 3 rings (SSSR count). The summed E-state index contributed by atoms with van der Waals surface area (Å²) in [5.41, 5.74) is 4.48. The average molecular weight is 295 g/mol. The summed E-state index contributed by atoms with van der Waals surface area (Å²) >= 11 is 0. The lowest BCUT2D eigenvalue weighted by Crippen LogP contribution is -1.88. The topological polar surface area (TPSA) is 32.9 Å². The van der Waals surface area contributed by atoms with E-state index in [-0.39, 0.29) is 5.82 Å². The number of H-pyrrole nitrogens is 1. The Kier molecular flexibility index (Phi) is 3.57. The Morgan fingerprint density at radius 3 is 2.41 bits per heavy atom. The van der Waals surface area contributed by atoms with Crippen LogP contribution in [0.25, 0.3) is 22.2 Å². The van der Waals surface area contributed by atoms with Gasteiger partial charge in [0.2, 0.25) is 0 Å². The SMILES string of the molecule is Cc1cc(F)c2[nH]c(-c3ccc(C(C)C)cc3)c(C=O)c2c1. The zero-order valence-corrected chi connectivity index (χ0v) is 12.9. The molecule has 1 heterocycles. The highest BCUT2D eigenvalue weighted by molar-refractivity contribution is 6.04. The van der Waals surface area contributed by atoms with Crippen molar-refractivity contribution in [1.82, 2.24) is 4.98 Å². The number of carbonyl (C=O) groups is 1. The first-order chi connectivity index (χ1) is 10.5. The van der Waals surface area contributed by atoms with E-state index in [2.05, 4.69) is 18.8 Å². The van der Waals surface area contributed by atoms with E-state index in [1.807, 2.05) is 37.3 Å². The molecule has 0 aliphatic rings. The van der Waals surface area contributed by atoms with E-state index >= 15 is 0 Å². The van der Waals surface area contributed by atoms with Crippen molar-refractivity contribution in [1.29, 1.82) is 0 Å². The van der Waals surface area contributed by atoms with Crippen molar-refractivity contribution in [2.24, 2.45) is 0 Å². The first-order valence-corrected chi connectivity index (χ1v) is 7.38. The fraction of sp³-hybridized carbons (Fsp3) is 0.211. The Morgan fingerprint density at radius 2 is 1.82 bits per heavy atom. The maximum atomic E-state index is 14.1. The summed E-state index contributed by atoms with van der Waals surface area (Å²) in [6, 6.07) is 11.3. The van der Waals surface area contributed by atoms with Crippen LogP contribution in [0.5, 0.6) is 0 Å². The molecule has 0 radical (unpaired) electrons. The Balaban J connectivity index is 2.22. The van der Waals surface area contributed by atoms with Gasteiger partial charge in [0.1, 0.15) is 5.82 Å². The summed E-state index contributed by atoms with van der Waals surface area (Å²) in [6.07, 6.45) is 0.795. The zero-order valence-electron chi connectivity index (χ0n) is 12.9. The lowest BCUT2D eigenvalue weighted by molar-refractivity contribution is 0.112. The quantitative estimate of drug-likeness (QED) is 0.660. The number of aldehydes is 1. The number of aromatic amines is 1. The maximum Gasteiger partial charge on any atom is 0.152 e. The highest BCUT2D eigenvalue weighted by atomic mass is 19.1. The second-order valence-electron chi connectivity index (χ2n) is 5.98. The van der Waals surface area contributed by atoms with Gasteiger partial charge in [0.25, 0.3) is 0 Å². The van der Waals surface area contributed by atoms with E-state index in [0.717, 1.165) is 17.4 Å². The summed E-state index contributed by atoms with van der Waals surface area (Å²) in [5, 5.41) is 0.635. The van der Waals surface area contributed by atoms with Gasteiger partial charge in [-0.1, -0.05) is 38.1 Å². The number of fused-ring (bicyclic) bond motifs is 1. The van der Waals surface area contributed by atoms with Crippen LogP contribution < -0.4 is 0 Å². The Hall–Kier alpha value is -2.42. The maximum absolute atomic E-state index is 14.1. The molecule has 0 aliphatic carbocycles. The van der Waals surface area contributed by atoms with Gasteiger partial charge in [0, 0.05) is 10.9 Å². The van der Waals surface area contributed by atoms with E-state index in [9.17, 15) is 9.18 Å². The van der Waals surface area contributed by atoms with E-state index in [1.165, 1.54) is 11.6 Å². The third-order valence-electron chi connectivity index (χ3n) is 4.03. The summed E-state index contributed by atoms with van der Waals surface area (Å²) in [7, 11) is 0. The van der Waals surface area contributed by atoms with Gasteiger partial charge in [-0.25, -0.2) is 4.39 Å². The van der Waals surface area contributed by atoms with Gasteiger partial charge < -0.3 is 4.98 Å². The third kappa shape index (κ3) is 2.33. The van der Waals surface area contributed by atoms with Crippen LogP contribution in [-0.4, -0.2) is 11.3 Å². The van der Waals surface area contributed by atoms with Crippen LogP contribution in [0.4, 0.5) is 4.39 Å². The number of benzene rings is 2. The van der Waals surface area contributed by atoms with Crippen molar-refractivity contribution in [2.75, 3.05) is 0 Å². The van der Waals surface area contributed by atoms with Gasteiger partial charge >= 0.3 is 0 Å². The van der Waals surface area contributed by atoms with Gasteiger partial charge in [-0.3, -0.25) is 4.79 Å². The Bertz CT molecular complexity index is 844. The number of rotatable bonds is 3. The molecule has 22 heavy (non-hydrogen) atoms. The minimum absolute atomic E-state index is 0.330. The van der Waals surface area contributed by atoms with Crippen molar-refractivity contribution in [3.63, 3.8) is 0 Å². The molecular weight excluding hydrogens is 277 g/mol. The summed E-state index contributed by atoms with van der Waals surface area (Å²) in [6.45, 7) is 6.08. The van der Waals surface area contributed by atoms with Crippen molar-refractivity contribution >= 4 is 17.2 Å². The van der Waals surface area contributed by atoms with Crippen LogP contribution in [0, 0.1) is 12.7 Å². The molecule has 0 atom stereocenters. The summed E-state index contributed by atoms with van der Waals surface area (Å²) in [5.74, 6) is 0.116. The molecule has 2 nitrogen and oxygen atoms in total. The minimum Gasteiger partial charge on any atom is -0.352 e. The number of halogens is 1. The van der Waals surface area contributed by atoms with Crippen LogP contribution in [-0.2, 0) is 0 Å². The minimum atomic E-state index is -0.330. The molecule has 1 aromatic heterocycles. The lowest BCUT2D eigenvalue weighted by atomic mass is 9.99. The summed E-state index contributed by atoms with van der Waals surface area (Å²) < 4.78 is 14.1.